The first-order chi connectivity index (χ1) is 68.9. The molecule has 1 saturated heterocycles. The van der Waals surface area contributed by atoms with Gasteiger partial charge in [0.1, 0.15) is 0 Å². The Kier molecular flexibility index (Phi) is 24.9. The van der Waals surface area contributed by atoms with Gasteiger partial charge in [-0.15, -0.1) is 0 Å². The van der Waals surface area contributed by atoms with Gasteiger partial charge in [0.2, 0.25) is 0 Å². The average molecular weight is 2020 g/mol. The average Bonchev–Trinajstić information content (AvgIpc) is 1.54. The zero-order valence-corrected chi connectivity index (χ0v) is 86.2. The van der Waals surface area contributed by atoms with Gasteiger partial charge in [0.05, 0.1) is 41.9 Å². The van der Waals surface area contributed by atoms with Crippen LogP contribution >= 0.6 is 39.8 Å². The van der Waals surface area contributed by atoms with Crippen molar-refractivity contribution in [3.63, 3.8) is 0 Å². The molecule has 21 aromatic carbocycles. The highest BCUT2D eigenvalue weighted by Gasteiger charge is 2.53. The third-order valence-electron chi connectivity index (χ3n) is 31.1. The van der Waals surface area contributed by atoms with E-state index in [1.54, 1.807) is 18.2 Å². The maximum atomic E-state index is 12.1. The molecule has 6 aliphatic rings. The van der Waals surface area contributed by atoms with Crippen LogP contribution in [0.15, 0.2) is 421 Å². The number of hydrogen-bond acceptors (Lipinski definition) is 6. The summed E-state index contributed by atoms with van der Waals surface area (Å²) < 4.78 is 14.3. The van der Waals surface area contributed by atoms with Crippen molar-refractivity contribution in [2.45, 2.75) is 130 Å². The normalized spacial score (nSPS) is 14.8. The predicted molar refractivity (Wildman–Crippen MR) is 615 cm³/mol. The van der Waals surface area contributed by atoms with Crippen LogP contribution in [-0.4, -0.2) is 28.2 Å². The fraction of sp³-hybridized carbons (Fsp3) is 0.152. The van der Waals surface area contributed by atoms with Crippen molar-refractivity contribution in [1.82, 2.24) is 0 Å². The van der Waals surface area contributed by atoms with Gasteiger partial charge in [0, 0.05) is 26.1 Å². The predicted octanol–water partition coefficient (Wildman–Crippen LogP) is 34.7. The van der Waals surface area contributed by atoms with E-state index in [9.17, 15) is 20.2 Å². The van der Waals surface area contributed by atoms with Crippen molar-refractivity contribution in [1.29, 1.82) is 0 Å². The summed E-state index contributed by atoms with van der Waals surface area (Å²) in [5.74, 6) is 0. The van der Waals surface area contributed by atoms with Gasteiger partial charge in [-0.2, -0.15) is 0 Å². The summed E-state index contributed by atoms with van der Waals surface area (Å²) in [6.07, 6.45) is 1.03. The van der Waals surface area contributed by atoms with Crippen LogP contribution in [-0.2, 0) is 37.4 Å². The Labute approximate surface area is 861 Å². The lowest BCUT2D eigenvalue weighted by Gasteiger charge is -2.32. The Morgan fingerprint density at radius 3 is 1.01 bits per heavy atom. The molecular formula is C132H110BBr2N2O6P. The van der Waals surface area contributed by atoms with Crippen LogP contribution in [0.1, 0.15) is 146 Å². The van der Waals surface area contributed by atoms with E-state index in [1.165, 1.54) is 181 Å². The first kappa shape index (κ1) is 95.8. The third kappa shape index (κ3) is 16.8. The van der Waals surface area contributed by atoms with Crippen molar-refractivity contribution >= 4 is 155 Å². The Hall–Kier alpha value is -14.4. The molecule has 1 fully saturated rings. The quantitative estimate of drug-likeness (QED) is 0.0681. The van der Waals surface area contributed by atoms with E-state index in [0.717, 1.165) is 32.7 Å². The molecule has 21 aromatic rings. The van der Waals surface area contributed by atoms with E-state index in [2.05, 4.69) is 449 Å². The molecule has 0 atom stereocenters. The summed E-state index contributed by atoms with van der Waals surface area (Å²) in [4.78, 5) is 22.3. The van der Waals surface area contributed by atoms with Gasteiger partial charge in [-0.05, 0) is 352 Å². The maximum absolute atomic E-state index is 12.1. The van der Waals surface area contributed by atoms with Crippen molar-refractivity contribution < 1.29 is 19.2 Å². The number of nitro groups is 2. The molecule has 0 radical (unpaired) electrons. The van der Waals surface area contributed by atoms with Crippen LogP contribution < -0.4 is 21.4 Å². The molecule has 1 aliphatic heterocycles. The van der Waals surface area contributed by atoms with Crippen LogP contribution in [0.4, 0.5) is 11.4 Å². The van der Waals surface area contributed by atoms with Gasteiger partial charge >= 0.3 is 7.12 Å². The summed E-state index contributed by atoms with van der Waals surface area (Å²) in [6.45, 7) is 27.0. The summed E-state index contributed by atoms with van der Waals surface area (Å²) in [7, 11) is -0.771. The lowest BCUT2D eigenvalue weighted by Crippen LogP contribution is -2.41. The van der Waals surface area contributed by atoms with E-state index < -0.39 is 7.92 Å². The van der Waals surface area contributed by atoms with Crippen molar-refractivity contribution in [3.05, 3.63) is 497 Å². The fourth-order valence-electron chi connectivity index (χ4n) is 22.9. The molecule has 8 nitrogen and oxygen atoms in total. The van der Waals surface area contributed by atoms with Crippen LogP contribution in [0.2, 0.25) is 0 Å². The van der Waals surface area contributed by atoms with E-state index in [-0.39, 0.29) is 68.6 Å². The molecule has 0 saturated carbocycles. The molecule has 144 heavy (non-hydrogen) atoms. The van der Waals surface area contributed by atoms with Gasteiger partial charge in [-0.3, -0.25) is 20.2 Å². The number of hydrogen-bond donors (Lipinski definition) is 0. The lowest BCUT2D eigenvalue weighted by atomic mass is 9.74. The van der Waals surface area contributed by atoms with Gasteiger partial charge < -0.3 is 9.31 Å². The molecule has 0 N–H and O–H groups in total. The van der Waals surface area contributed by atoms with Gasteiger partial charge in [-0.25, -0.2) is 0 Å². The molecule has 706 valence electrons. The standard InChI is InChI=1S/C30H22.C29H21NO2.C25H27BO2.C19H15Br.C18H15P.C10H6BrNO2.CH4/c1-30(2)28-16-20-9-4-3-8-19(20)15-26(28)24-14-13-23-22-12-11-18-7-5-6-10-21(18)25(22)17-27(23)29(24)30;1-29(2)26-17-21(23-13-11-18-7-5-6-10-22(18)28(23)30(31)32)12-14-24(26)25-15-19-8-3-4-9-20(19)16-27(25)29;1-23(2)21-14-17-10-8-7-9-16(17)13-20(21)19-12-11-18(15-22(19)23)26-27-24(3,4)25(5,6)28-26;1-19(2)17-10-13-6-4-3-5-12(13)9-16(17)15-8-7-14(20)11-18(15)19;1-4-10-16(11-5-1)19(17-12-6-2-7-13-17)18-14-8-3-9-15-18;11-9-6-5-7-3-1-2-4-8(7)10(9)12(13)14;/h3-16H,17H2,1-2H3;3-17H,1-2H3;7-15H,1-6H3;3-11H,1-2H3;1-15H;1-6H;1H4. The van der Waals surface area contributed by atoms with Gasteiger partial charge in [0.25, 0.3) is 11.4 Å². The van der Waals surface area contributed by atoms with Crippen molar-refractivity contribution in [2.75, 3.05) is 0 Å². The van der Waals surface area contributed by atoms with Crippen molar-refractivity contribution in [3.8, 4) is 66.8 Å². The summed E-state index contributed by atoms with van der Waals surface area (Å²) in [5.41, 5.74) is 29.9. The van der Waals surface area contributed by atoms with Crippen molar-refractivity contribution in [2.24, 2.45) is 0 Å². The molecule has 0 aromatic heterocycles. The lowest BCUT2D eigenvalue weighted by molar-refractivity contribution is -0.383. The molecule has 1 heterocycles. The third-order valence-corrected chi connectivity index (χ3v) is 34.7. The zero-order chi connectivity index (χ0) is 98.9. The van der Waals surface area contributed by atoms with Crippen LogP contribution in [0, 0.1) is 20.2 Å². The molecule has 0 amide bonds. The van der Waals surface area contributed by atoms with Gasteiger partial charge in [0.15, 0.2) is 0 Å². The fourth-order valence-corrected chi connectivity index (χ4v) is 26.1. The second-order valence-electron chi connectivity index (χ2n) is 41.5. The second-order valence-corrected chi connectivity index (χ2v) is 45.5. The Balaban J connectivity index is 0.000000104. The summed E-state index contributed by atoms with van der Waals surface area (Å²) in [5, 5.41) is 43.3. The number of nitrogens with zero attached hydrogens (tertiary/aromatic N) is 2. The smallest absolute Gasteiger partial charge is 0.399 e. The van der Waals surface area contributed by atoms with E-state index in [0.29, 0.717) is 20.8 Å². The van der Waals surface area contributed by atoms with E-state index in [1.807, 2.05) is 60.7 Å². The van der Waals surface area contributed by atoms with Gasteiger partial charge in [-0.1, -0.05) is 400 Å². The monoisotopic (exact) mass is 2020 g/mol. The Morgan fingerprint density at radius 1 is 0.271 bits per heavy atom. The highest BCUT2D eigenvalue weighted by molar-refractivity contribution is 9.10. The van der Waals surface area contributed by atoms with E-state index >= 15 is 0 Å². The zero-order valence-electron chi connectivity index (χ0n) is 82.1. The highest BCUT2D eigenvalue weighted by atomic mass is 79.9. The maximum Gasteiger partial charge on any atom is 0.494 e. The summed E-state index contributed by atoms with van der Waals surface area (Å²) in [6, 6.07) is 146. The molecule has 12 heteroatoms. The first-order valence-electron chi connectivity index (χ1n) is 49.1. The number of fused-ring (bicyclic) bond motifs is 24. The highest BCUT2D eigenvalue weighted by Crippen LogP contribution is 2.59. The Bertz CT molecular complexity index is 8640. The minimum Gasteiger partial charge on any atom is -0.399 e. The SMILES string of the molecule is C.CC1(C)c2cc(-c3ccc4ccccc4c3[N+](=O)[O-])ccc2-c2cc3ccccc3cc21.CC1(C)c2cc(B3OC(C)(C)C(C)(C)O3)ccc2-c2cc3ccccc3cc21.CC1(C)c2cc(Br)ccc2-c2cc3ccccc3cc21.CC1(C)c2cc3ccccc3cc2-c2ccc3c(c21)Cc1c-3ccc2ccccc12.O=[N+]([O-])c1c(Br)ccc2ccccc12.c1ccc(P(c2ccccc2)c2ccccc2)cc1. The number of halogens is 2. The van der Waals surface area contributed by atoms with Crippen LogP contribution in [0.3, 0.4) is 0 Å². The largest absolute Gasteiger partial charge is 0.494 e. The topological polar surface area (TPSA) is 105 Å². The Morgan fingerprint density at radius 2 is 0.576 bits per heavy atom. The minimum absolute atomic E-state index is 0. The van der Waals surface area contributed by atoms with Crippen LogP contribution in [0.5, 0.6) is 0 Å². The molecule has 0 bridgehead atoms. The number of nitro benzene ring substituents is 2. The minimum atomic E-state index is -0.446. The van der Waals surface area contributed by atoms with Crippen LogP contribution in [0.25, 0.3) is 142 Å². The molecule has 27 rings (SSSR count). The van der Waals surface area contributed by atoms with E-state index in [4.69, 9.17) is 9.31 Å². The first-order valence-corrected chi connectivity index (χ1v) is 52.0. The molecule has 0 unspecified atom stereocenters. The number of benzene rings is 21. The number of rotatable bonds is 7. The molecule has 5 aliphatic carbocycles. The molecule has 0 spiro atoms. The molecular weight excluding hydrogens is 1910 g/mol. The summed E-state index contributed by atoms with van der Waals surface area (Å²) >= 11 is 6.78. The second kappa shape index (κ2) is 37.4.